The Bertz CT molecular complexity index is 568. The zero-order valence-electron chi connectivity index (χ0n) is 10.9. The topological polar surface area (TPSA) is 77.9 Å². The van der Waals surface area contributed by atoms with Gasteiger partial charge in [0.15, 0.2) is 11.4 Å². The maximum atomic E-state index is 12.0. The van der Waals surface area contributed by atoms with Gasteiger partial charge in [-0.1, -0.05) is 0 Å². The summed E-state index contributed by atoms with van der Waals surface area (Å²) in [5.74, 6) is -1.15. The standard InChI is InChI=1S/C14H15NO5/c16-10-8-13(18-6-7-19-13)3-4-14(10)11-9(12(17)20-14)2-1-5-15-11/h1-2,5,10,16H,3-4,6-8H2/t10-,14+/m0/s1. The van der Waals surface area contributed by atoms with Gasteiger partial charge < -0.3 is 19.3 Å². The Balaban J connectivity index is 1.71. The molecule has 20 heavy (non-hydrogen) atoms. The highest BCUT2D eigenvalue weighted by Crippen LogP contribution is 2.50. The zero-order valence-corrected chi connectivity index (χ0v) is 10.9. The van der Waals surface area contributed by atoms with Crippen LogP contribution in [0, 0.1) is 0 Å². The van der Waals surface area contributed by atoms with Crippen LogP contribution in [0.15, 0.2) is 18.3 Å². The molecular weight excluding hydrogens is 262 g/mol. The van der Waals surface area contributed by atoms with E-state index in [2.05, 4.69) is 4.98 Å². The first-order valence-corrected chi connectivity index (χ1v) is 6.80. The van der Waals surface area contributed by atoms with Gasteiger partial charge in [-0.05, 0) is 12.1 Å². The summed E-state index contributed by atoms with van der Waals surface area (Å²) in [6, 6.07) is 3.37. The van der Waals surface area contributed by atoms with Gasteiger partial charge in [0, 0.05) is 25.5 Å². The Labute approximate surface area is 115 Å². The first-order valence-electron chi connectivity index (χ1n) is 6.80. The predicted molar refractivity (Wildman–Crippen MR) is 65.8 cm³/mol. The third-order valence-corrected chi connectivity index (χ3v) is 4.44. The lowest BCUT2D eigenvalue weighted by Crippen LogP contribution is -2.52. The summed E-state index contributed by atoms with van der Waals surface area (Å²) in [6.45, 7) is 1.07. The summed E-state index contributed by atoms with van der Waals surface area (Å²) in [5, 5.41) is 10.6. The second-order valence-electron chi connectivity index (χ2n) is 5.51. The van der Waals surface area contributed by atoms with Gasteiger partial charge in [-0.3, -0.25) is 4.98 Å². The van der Waals surface area contributed by atoms with E-state index in [1.54, 1.807) is 18.3 Å². The average molecular weight is 277 g/mol. The van der Waals surface area contributed by atoms with Crippen molar-refractivity contribution in [2.45, 2.75) is 36.8 Å². The monoisotopic (exact) mass is 277 g/mol. The first kappa shape index (κ1) is 12.3. The Hall–Kier alpha value is -1.50. The van der Waals surface area contributed by atoms with E-state index in [9.17, 15) is 9.90 Å². The average Bonchev–Trinajstić information content (AvgIpc) is 3.01. The molecule has 2 fully saturated rings. The number of carbonyl (C=O) groups is 1. The first-order chi connectivity index (χ1) is 9.65. The van der Waals surface area contributed by atoms with Crippen molar-refractivity contribution in [3.63, 3.8) is 0 Å². The quantitative estimate of drug-likeness (QED) is 0.705. The number of carbonyl (C=O) groups excluding carboxylic acids is 1. The molecule has 3 aliphatic rings. The summed E-state index contributed by atoms with van der Waals surface area (Å²) >= 11 is 0. The van der Waals surface area contributed by atoms with Crippen molar-refractivity contribution in [1.29, 1.82) is 0 Å². The minimum atomic E-state index is -1.05. The maximum Gasteiger partial charge on any atom is 0.341 e. The number of rotatable bonds is 0. The third kappa shape index (κ3) is 1.49. The number of hydrogen-bond donors (Lipinski definition) is 1. The molecule has 1 N–H and O–H groups in total. The van der Waals surface area contributed by atoms with Crippen molar-refractivity contribution in [2.24, 2.45) is 0 Å². The van der Waals surface area contributed by atoms with Crippen molar-refractivity contribution in [2.75, 3.05) is 13.2 Å². The molecule has 106 valence electrons. The maximum absolute atomic E-state index is 12.0. The molecule has 4 rings (SSSR count). The van der Waals surface area contributed by atoms with E-state index in [1.807, 2.05) is 0 Å². The molecule has 2 spiro atoms. The number of hydrogen-bond acceptors (Lipinski definition) is 6. The summed E-state index contributed by atoms with van der Waals surface area (Å²) in [6.07, 6.45) is 2.05. The number of aromatic nitrogens is 1. The van der Waals surface area contributed by atoms with E-state index in [0.717, 1.165) is 0 Å². The molecule has 0 unspecified atom stereocenters. The lowest BCUT2D eigenvalue weighted by molar-refractivity contribution is -0.237. The highest BCUT2D eigenvalue weighted by molar-refractivity contribution is 5.94. The molecule has 0 aromatic carbocycles. The second kappa shape index (κ2) is 4.00. The Morgan fingerprint density at radius 1 is 1.30 bits per heavy atom. The van der Waals surface area contributed by atoms with E-state index in [0.29, 0.717) is 37.3 Å². The molecule has 1 saturated carbocycles. The van der Waals surface area contributed by atoms with E-state index >= 15 is 0 Å². The Morgan fingerprint density at radius 3 is 2.85 bits per heavy atom. The predicted octanol–water partition coefficient (Wildman–Crippen LogP) is 0.735. The highest BCUT2D eigenvalue weighted by atomic mass is 16.7. The van der Waals surface area contributed by atoms with Crippen LogP contribution in [0.1, 0.15) is 35.3 Å². The number of pyridine rings is 1. The zero-order chi connectivity index (χ0) is 13.8. The van der Waals surface area contributed by atoms with Crippen LogP contribution in [0.5, 0.6) is 0 Å². The number of ether oxygens (including phenoxy) is 3. The van der Waals surface area contributed by atoms with Crippen molar-refractivity contribution in [3.05, 3.63) is 29.6 Å². The molecule has 1 aromatic rings. The van der Waals surface area contributed by atoms with E-state index in [4.69, 9.17) is 14.2 Å². The van der Waals surface area contributed by atoms with E-state index in [-0.39, 0.29) is 6.42 Å². The van der Waals surface area contributed by atoms with E-state index < -0.39 is 23.5 Å². The number of aliphatic hydroxyl groups is 1. The normalized spacial score (nSPS) is 34.5. The van der Waals surface area contributed by atoms with Gasteiger partial charge >= 0.3 is 5.97 Å². The fourth-order valence-electron chi connectivity index (χ4n) is 3.43. The molecule has 2 aliphatic heterocycles. The molecule has 6 nitrogen and oxygen atoms in total. The van der Waals surface area contributed by atoms with Crippen LogP contribution < -0.4 is 0 Å². The summed E-state index contributed by atoms with van der Waals surface area (Å²) in [7, 11) is 0. The Morgan fingerprint density at radius 2 is 2.10 bits per heavy atom. The van der Waals surface area contributed by atoms with Crippen LogP contribution in [0.2, 0.25) is 0 Å². The molecule has 0 bridgehead atoms. The van der Waals surface area contributed by atoms with Crippen LogP contribution >= 0.6 is 0 Å². The van der Waals surface area contributed by atoms with Crippen molar-refractivity contribution < 1.29 is 24.1 Å². The summed E-state index contributed by atoms with van der Waals surface area (Å²) in [5.41, 5.74) is -0.0741. The van der Waals surface area contributed by atoms with Gasteiger partial charge in [0.25, 0.3) is 0 Å². The van der Waals surface area contributed by atoms with Crippen molar-refractivity contribution >= 4 is 5.97 Å². The molecule has 1 aliphatic carbocycles. The van der Waals surface area contributed by atoms with Crippen LogP contribution in [0.25, 0.3) is 0 Å². The van der Waals surface area contributed by atoms with Gasteiger partial charge in [-0.25, -0.2) is 4.79 Å². The minimum absolute atomic E-state index is 0.288. The largest absolute Gasteiger partial charge is 0.446 e. The number of nitrogens with zero attached hydrogens (tertiary/aromatic N) is 1. The number of fused-ring (bicyclic) bond motifs is 2. The van der Waals surface area contributed by atoms with Gasteiger partial charge in [-0.2, -0.15) is 0 Å². The van der Waals surface area contributed by atoms with Gasteiger partial charge in [0.1, 0.15) is 11.8 Å². The van der Waals surface area contributed by atoms with Crippen LogP contribution in [-0.2, 0) is 19.8 Å². The number of aliphatic hydroxyl groups excluding tert-OH is 1. The molecule has 1 aromatic heterocycles. The molecular formula is C14H15NO5. The third-order valence-electron chi connectivity index (χ3n) is 4.44. The highest BCUT2D eigenvalue weighted by Gasteiger charge is 2.59. The smallest absolute Gasteiger partial charge is 0.341 e. The van der Waals surface area contributed by atoms with Crippen LogP contribution in [-0.4, -0.2) is 41.2 Å². The molecule has 6 heteroatoms. The minimum Gasteiger partial charge on any atom is -0.446 e. The van der Waals surface area contributed by atoms with Crippen LogP contribution in [0.3, 0.4) is 0 Å². The second-order valence-corrected chi connectivity index (χ2v) is 5.51. The molecule has 1 saturated heterocycles. The van der Waals surface area contributed by atoms with Crippen LogP contribution in [0.4, 0.5) is 0 Å². The lowest BCUT2D eigenvalue weighted by atomic mass is 9.76. The van der Waals surface area contributed by atoms with Gasteiger partial charge in [-0.15, -0.1) is 0 Å². The number of esters is 1. The van der Waals surface area contributed by atoms with Crippen molar-refractivity contribution in [1.82, 2.24) is 4.98 Å². The Kier molecular flexibility index (Phi) is 2.45. The van der Waals surface area contributed by atoms with Gasteiger partial charge in [0.05, 0.1) is 18.8 Å². The van der Waals surface area contributed by atoms with Gasteiger partial charge in [0.2, 0.25) is 0 Å². The summed E-state index contributed by atoms with van der Waals surface area (Å²) in [4.78, 5) is 16.2. The molecule has 0 amide bonds. The fourth-order valence-corrected chi connectivity index (χ4v) is 3.43. The van der Waals surface area contributed by atoms with E-state index in [1.165, 1.54) is 0 Å². The lowest BCUT2D eigenvalue weighted by Gasteiger charge is -2.43. The molecule has 2 atom stereocenters. The molecule has 0 radical (unpaired) electrons. The fraction of sp³-hybridized carbons (Fsp3) is 0.571. The van der Waals surface area contributed by atoms with Crippen molar-refractivity contribution in [3.8, 4) is 0 Å². The molecule has 3 heterocycles. The summed E-state index contributed by atoms with van der Waals surface area (Å²) < 4.78 is 16.8. The SMILES string of the molecule is O=C1O[C@@]2(CCC3(C[C@@H]2O)OCCO3)c2ncccc21.